The van der Waals surface area contributed by atoms with Crippen molar-refractivity contribution in [1.82, 2.24) is 19.8 Å². The van der Waals surface area contributed by atoms with Gasteiger partial charge in [-0.05, 0) is 37.8 Å². The fraction of sp³-hybridized carbons (Fsp3) is 0.478. The highest BCUT2D eigenvalue weighted by molar-refractivity contribution is 5.94. The number of hydrogen-bond acceptors (Lipinski definition) is 4. The molecule has 1 N–H and O–H groups in total. The predicted molar refractivity (Wildman–Crippen MR) is 111 cm³/mol. The average molecular weight is 424 g/mol. The second kappa shape index (κ2) is 7.90. The zero-order valence-corrected chi connectivity index (χ0v) is 17.3. The third-order valence-electron chi connectivity index (χ3n) is 6.82. The van der Waals surface area contributed by atoms with Gasteiger partial charge in [-0.15, -0.1) is 0 Å². The molecule has 1 aromatic heterocycles. The fourth-order valence-corrected chi connectivity index (χ4v) is 4.73. The number of halogens is 1. The molecule has 31 heavy (non-hydrogen) atoms. The number of likely N-dealkylation sites (tertiary alicyclic amines) is 1. The van der Waals surface area contributed by atoms with E-state index in [1.807, 2.05) is 4.90 Å². The monoisotopic (exact) mass is 424 g/mol. The van der Waals surface area contributed by atoms with Crippen LogP contribution in [0, 0.1) is 11.7 Å². The number of nitrogens with zero attached hydrogens (tertiary/aromatic N) is 3. The molecule has 0 bridgehead atoms. The first-order valence-electron chi connectivity index (χ1n) is 11.0. The van der Waals surface area contributed by atoms with Gasteiger partial charge >= 0.3 is 0 Å². The molecular formula is C23H25FN4O3. The van der Waals surface area contributed by atoms with Crippen LogP contribution in [0.3, 0.4) is 0 Å². The molecule has 5 rings (SSSR count). The van der Waals surface area contributed by atoms with Crippen molar-refractivity contribution in [2.24, 2.45) is 5.92 Å². The van der Waals surface area contributed by atoms with Crippen LogP contribution in [0.15, 0.2) is 29.1 Å². The molecule has 7 nitrogen and oxygen atoms in total. The van der Waals surface area contributed by atoms with Gasteiger partial charge in [0, 0.05) is 37.0 Å². The third kappa shape index (κ3) is 3.64. The van der Waals surface area contributed by atoms with Gasteiger partial charge in [0.1, 0.15) is 11.6 Å². The van der Waals surface area contributed by atoms with E-state index in [0.29, 0.717) is 43.1 Å². The summed E-state index contributed by atoms with van der Waals surface area (Å²) in [4.78, 5) is 49.1. The molecule has 3 heterocycles. The van der Waals surface area contributed by atoms with Gasteiger partial charge in [-0.25, -0.2) is 9.37 Å². The molecule has 1 aliphatic carbocycles. The molecule has 2 aromatic rings. The van der Waals surface area contributed by atoms with Gasteiger partial charge in [-0.2, -0.15) is 0 Å². The molecule has 2 aliphatic heterocycles. The van der Waals surface area contributed by atoms with E-state index in [0.717, 1.165) is 25.7 Å². The molecule has 8 heteroatoms. The topological polar surface area (TPSA) is 86.4 Å². The number of nitrogens with one attached hydrogen (secondary N) is 1. The Morgan fingerprint density at radius 1 is 1.10 bits per heavy atom. The van der Waals surface area contributed by atoms with Crippen LogP contribution in [-0.4, -0.2) is 51.2 Å². The highest BCUT2D eigenvalue weighted by Crippen LogP contribution is 2.32. The summed E-state index contributed by atoms with van der Waals surface area (Å²) in [5.74, 6) is -0.0129. The summed E-state index contributed by atoms with van der Waals surface area (Å²) in [7, 11) is 0. The van der Waals surface area contributed by atoms with Crippen LogP contribution < -0.4 is 5.56 Å². The van der Waals surface area contributed by atoms with Crippen LogP contribution in [0.1, 0.15) is 59.0 Å². The summed E-state index contributed by atoms with van der Waals surface area (Å²) >= 11 is 0. The molecular weight excluding hydrogens is 399 g/mol. The van der Waals surface area contributed by atoms with Gasteiger partial charge in [-0.3, -0.25) is 14.4 Å². The normalized spacial score (nSPS) is 21.0. The maximum Gasteiger partial charge on any atom is 0.257 e. The number of aromatic nitrogens is 2. The van der Waals surface area contributed by atoms with Crippen molar-refractivity contribution < 1.29 is 14.0 Å². The second-order valence-electron chi connectivity index (χ2n) is 8.73. The first-order valence-corrected chi connectivity index (χ1v) is 11.0. The molecule has 3 aliphatic rings. The first-order chi connectivity index (χ1) is 15.0. The van der Waals surface area contributed by atoms with Gasteiger partial charge in [0.05, 0.1) is 17.8 Å². The van der Waals surface area contributed by atoms with E-state index < -0.39 is 11.7 Å². The van der Waals surface area contributed by atoms with E-state index in [9.17, 15) is 18.8 Å². The largest absolute Gasteiger partial charge is 0.342 e. The third-order valence-corrected chi connectivity index (χ3v) is 6.82. The lowest BCUT2D eigenvalue weighted by Gasteiger charge is -2.29. The number of carbonyl (C=O) groups is 2. The van der Waals surface area contributed by atoms with Crippen molar-refractivity contribution in [2.75, 3.05) is 19.6 Å². The van der Waals surface area contributed by atoms with Crippen molar-refractivity contribution in [3.05, 3.63) is 63.1 Å². The summed E-state index contributed by atoms with van der Waals surface area (Å²) in [6, 6.07) is 5.91. The van der Waals surface area contributed by atoms with Crippen LogP contribution in [-0.2, 0) is 17.8 Å². The number of benzene rings is 1. The van der Waals surface area contributed by atoms with E-state index in [-0.39, 0.29) is 35.4 Å². The van der Waals surface area contributed by atoms with E-state index in [1.165, 1.54) is 17.0 Å². The number of amides is 2. The zero-order chi connectivity index (χ0) is 21.5. The van der Waals surface area contributed by atoms with Gasteiger partial charge in [-0.1, -0.05) is 18.6 Å². The van der Waals surface area contributed by atoms with E-state index in [4.69, 9.17) is 4.98 Å². The van der Waals surface area contributed by atoms with Gasteiger partial charge in [0.2, 0.25) is 5.91 Å². The maximum absolute atomic E-state index is 14.1. The summed E-state index contributed by atoms with van der Waals surface area (Å²) in [5, 5.41) is 0. The second-order valence-corrected chi connectivity index (χ2v) is 8.73. The van der Waals surface area contributed by atoms with Crippen molar-refractivity contribution in [3.63, 3.8) is 0 Å². The smallest absolute Gasteiger partial charge is 0.257 e. The minimum absolute atomic E-state index is 0.0142. The Morgan fingerprint density at radius 3 is 2.65 bits per heavy atom. The lowest BCUT2D eigenvalue weighted by molar-refractivity contribution is -0.137. The molecule has 0 spiro atoms. The van der Waals surface area contributed by atoms with Crippen LogP contribution in [0.2, 0.25) is 0 Å². The molecule has 1 saturated heterocycles. The molecule has 2 fully saturated rings. The van der Waals surface area contributed by atoms with E-state index in [1.54, 1.807) is 12.1 Å². The van der Waals surface area contributed by atoms with Crippen LogP contribution in [0.25, 0.3) is 0 Å². The van der Waals surface area contributed by atoms with Crippen molar-refractivity contribution in [2.45, 2.75) is 44.6 Å². The molecule has 1 atom stereocenters. The van der Waals surface area contributed by atoms with Gasteiger partial charge < -0.3 is 14.8 Å². The zero-order valence-electron chi connectivity index (χ0n) is 17.3. The molecule has 1 aromatic carbocycles. The Morgan fingerprint density at radius 2 is 1.90 bits per heavy atom. The van der Waals surface area contributed by atoms with Gasteiger partial charge in [0.15, 0.2) is 0 Å². The summed E-state index contributed by atoms with van der Waals surface area (Å²) in [5.41, 5.74) is 0.999. The molecule has 0 radical (unpaired) electrons. The number of fused-ring (bicyclic) bond motifs is 1. The first kappa shape index (κ1) is 19.9. The standard InChI is InChI=1S/C23H25FN4O3/c24-18-7-2-1-6-16(18)23(31)28-11-9-17-19(13-28)25-20(26-21(17)29)15-8-10-27(12-15)22(30)14-4-3-5-14/h1-2,6-7,14-15H,3-5,8-13H2,(H,25,26,29). The summed E-state index contributed by atoms with van der Waals surface area (Å²) < 4.78 is 14.1. The van der Waals surface area contributed by atoms with E-state index in [2.05, 4.69) is 4.98 Å². The highest BCUT2D eigenvalue weighted by Gasteiger charge is 2.35. The number of rotatable bonds is 3. The summed E-state index contributed by atoms with van der Waals surface area (Å²) in [6.45, 7) is 1.77. The Kier molecular flexibility index (Phi) is 5.08. The van der Waals surface area contributed by atoms with Crippen molar-refractivity contribution in [3.8, 4) is 0 Å². The molecule has 1 unspecified atom stereocenters. The summed E-state index contributed by atoms with van der Waals surface area (Å²) in [6.07, 6.45) is 4.21. The minimum atomic E-state index is -0.556. The highest BCUT2D eigenvalue weighted by atomic mass is 19.1. The minimum Gasteiger partial charge on any atom is -0.342 e. The fourth-order valence-electron chi connectivity index (χ4n) is 4.73. The lowest BCUT2D eigenvalue weighted by Crippen LogP contribution is -2.40. The number of aromatic amines is 1. The van der Waals surface area contributed by atoms with Crippen LogP contribution >= 0.6 is 0 Å². The SMILES string of the molecule is O=C(c1ccccc1F)N1CCc2c(nc(C3CCN(C(=O)C4CCC4)C3)[nH]c2=O)C1. The molecule has 162 valence electrons. The van der Waals surface area contributed by atoms with Crippen LogP contribution in [0.5, 0.6) is 0 Å². The van der Waals surface area contributed by atoms with Crippen molar-refractivity contribution in [1.29, 1.82) is 0 Å². The Labute approximate surface area is 179 Å². The number of carbonyl (C=O) groups excluding carboxylic acids is 2. The van der Waals surface area contributed by atoms with Gasteiger partial charge in [0.25, 0.3) is 11.5 Å². The Balaban J connectivity index is 1.34. The maximum atomic E-state index is 14.1. The predicted octanol–water partition coefficient (Wildman–Crippen LogP) is 2.22. The van der Waals surface area contributed by atoms with Crippen molar-refractivity contribution >= 4 is 11.8 Å². The lowest BCUT2D eigenvalue weighted by atomic mass is 9.84. The Bertz CT molecular complexity index is 1090. The number of H-pyrrole nitrogens is 1. The number of hydrogen-bond donors (Lipinski definition) is 1. The molecule has 1 saturated carbocycles. The van der Waals surface area contributed by atoms with Crippen LogP contribution in [0.4, 0.5) is 4.39 Å². The quantitative estimate of drug-likeness (QED) is 0.819. The average Bonchev–Trinajstić information content (AvgIpc) is 3.22. The molecule has 2 amide bonds. The van der Waals surface area contributed by atoms with E-state index >= 15 is 0 Å². The Hall–Kier alpha value is -3.03.